The Balaban J connectivity index is 1.73. The average molecular weight is 516 g/mol. The molecule has 180 valence electrons. The predicted octanol–water partition coefficient (Wildman–Crippen LogP) is 4.48. The molecule has 11 heteroatoms. The van der Waals surface area contributed by atoms with Crippen LogP contribution in [0.15, 0.2) is 54.1 Å². The number of halogens is 2. The van der Waals surface area contributed by atoms with E-state index in [2.05, 4.69) is 0 Å². The molecule has 0 N–H and O–H groups in total. The number of nitro groups is 1. The van der Waals surface area contributed by atoms with Gasteiger partial charge in [0.05, 0.1) is 21.8 Å². The van der Waals surface area contributed by atoms with Crippen molar-refractivity contribution in [1.29, 1.82) is 0 Å². The Labute approximate surface area is 210 Å². The van der Waals surface area contributed by atoms with E-state index in [1.165, 1.54) is 36.4 Å². The first-order valence-corrected chi connectivity index (χ1v) is 11.4. The van der Waals surface area contributed by atoms with Gasteiger partial charge in [-0.25, -0.2) is 5.01 Å². The van der Waals surface area contributed by atoms with Crippen LogP contribution >= 0.6 is 23.2 Å². The Hall–Kier alpha value is -3.56. The van der Waals surface area contributed by atoms with Crippen LogP contribution in [-0.2, 0) is 9.59 Å². The van der Waals surface area contributed by atoms with Crippen LogP contribution in [0.2, 0.25) is 10.0 Å². The second kappa shape index (κ2) is 9.59. The zero-order valence-corrected chi connectivity index (χ0v) is 20.0. The highest BCUT2D eigenvalue weighted by molar-refractivity contribution is 6.37. The smallest absolute Gasteiger partial charge is 0.273 e. The highest BCUT2D eigenvalue weighted by Gasteiger charge is 2.51. The molecule has 1 aliphatic carbocycles. The first kappa shape index (κ1) is 24.6. The molecule has 1 heterocycles. The number of hydrogen-bond acceptors (Lipinski definition) is 6. The highest BCUT2D eigenvalue weighted by atomic mass is 35.5. The molecule has 1 aliphatic heterocycles. The van der Waals surface area contributed by atoms with E-state index in [1.807, 2.05) is 13.0 Å². The van der Waals surface area contributed by atoms with Gasteiger partial charge in [-0.2, -0.15) is 5.01 Å². The average Bonchev–Trinajstić information content (AvgIpc) is 3.06. The van der Waals surface area contributed by atoms with Gasteiger partial charge in [-0.05, 0) is 44.0 Å². The van der Waals surface area contributed by atoms with E-state index in [0.717, 1.165) is 16.6 Å². The number of nitrogens with zero attached hydrogens (tertiary/aromatic N) is 3. The summed E-state index contributed by atoms with van der Waals surface area (Å²) < 4.78 is 0. The number of carbonyl (C=O) groups excluding carboxylic acids is 4. The van der Waals surface area contributed by atoms with Crippen LogP contribution in [0.5, 0.6) is 0 Å². The number of carbonyl (C=O) groups is 4. The van der Waals surface area contributed by atoms with Crippen molar-refractivity contribution < 1.29 is 24.1 Å². The van der Waals surface area contributed by atoms with Crippen molar-refractivity contribution in [2.45, 2.75) is 19.8 Å². The molecule has 1 fully saturated rings. The summed E-state index contributed by atoms with van der Waals surface area (Å²) in [5.74, 6) is -4.05. The maximum atomic E-state index is 13.5. The van der Waals surface area contributed by atoms with Gasteiger partial charge in [0, 0.05) is 28.3 Å². The second-order valence-corrected chi connectivity index (χ2v) is 9.25. The zero-order valence-electron chi connectivity index (χ0n) is 18.4. The molecule has 2 aromatic rings. The van der Waals surface area contributed by atoms with E-state index in [9.17, 15) is 29.3 Å². The number of ketones is 1. The van der Waals surface area contributed by atoms with Gasteiger partial charge in [0.15, 0.2) is 5.78 Å². The molecule has 3 amide bonds. The van der Waals surface area contributed by atoms with Crippen molar-refractivity contribution in [2.24, 2.45) is 11.8 Å². The minimum absolute atomic E-state index is 0.0396. The summed E-state index contributed by atoms with van der Waals surface area (Å²) >= 11 is 12.1. The van der Waals surface area contributed by atoms with E-state index < -0.39 is 46.8 Å². The molecular formula is C24H19Cl2N3O6. The number of benzene rings is 2. The number of hydrogen-bond donors (Lipinski definition) is 0. The predicted molar refractivity (Wildman–Crippen MR) is 127 cm³/mol. The maximum absolute atomic E-state index is 13.5. The Morgan fingerprint density at radius 2 is 1.83 bits per heavy atom. The molecule has 0 saturated carbocycles. The van der Waals surface area contributed by atoms with Gasteiger partial charge in [-0.1, -0.05) is 40.9 Å². The third kappa shape index (κ3) is 4.69. The quantitative estimate of drug-likeness (QED) is 0.184. The van der Waals surface area contributed by atoms with Crippen molar-refractivity contribution in [2.75, 3.05) is 6.54 Å². The minimum Gasteiger partial charge on any atom is -0.292 e. The van der Waals surface area contributed by atoms with Gasteiger partial charge in [-0.3, -0.25) is 29.3 Å². The number of rotatable bonds is 6. The van der Waals surface area contributed by atoms with Gasteiger partial charge in [0.1, 0.15) is 6.54 Å². The number of hydrazine groups is 1. The van der Waals surface area contributed by atoms with E-state index in [1.54, 1.807) is 0 Å². The monoisotopic (exact) mass is 515 g/mol. The molecule has 2 atom stereocenters. The SMILES string of the molecule is CC1=CC[C@@H]2C(=O)N(N(CC(=O)c3ccc(Cl)cc3Cl)C(=O)c3cccc([N+](=O)[O-])c3)C(=O)[C@@H]2C1. The number of amides is 3. The standard InChI is InChI=1S/C24H19Cl2N3O6/c1-13-5-7-17-19(9-13)24(33)28(23(17)32)27(12-21(30)18-8-6-15(25)11-20(18)26)22(31)14-3-2-4-16(10-14)29(34)35/h2-6,8,10-11,17,19H,7,9,12H2,1H3/t17-,19+/m0/s1. The van der Waals surface area contributed by atoms with E-state index in [-0.39, 0.29) is 21.8 Å². The molecule has 35 heavy (non-hydrogen) atoms. The molecule has 2 aliphatic rings. The summed E-state index contributed by atoms with van der Waals surface area (Å²) in [5.41, 5.74) is 0.492. The van der Waals surface area contributed by atoms with Crippen LogP contribution in [0.25, 0.3) is 0 Å². The van der Waals surface area contributed by atoms with Gasteiger partial charge in [-0.15, -0.1) is 0 Å². The van der Waals surface area contributed by atoms with Crippen molar-refractivity contribution in [1.82, 2.24) is 10.0 Å². The molecule has 0 bridgehead atoms. The van der Waals surface area contributed by atoms with Gasteiger partial charge in [0.25, 0.3) is 23.4 Å². The van der Waals surface area contributed by atoms with Crippen molar-refractivity contribution >= 4 is 52.4 Å². The van der Waals surface area contributed by atoms with Crippen LogP contribution in [0.3, 0.4) is 0 Å². The summed E-state index contributed by atoms with van der Waals surface area (Å²) in [7, 11) is 0. The van der Waals surface area contributed by atoms with Crippen LogP contribution in [0.1, 0.15) is 40.5 Å². The lowest BCUT2D eigenvalue weighted by molar-refractivity contribution is -0.384. The lowest BCUT2D eigenvalue weighted by Gasteiger charge is -2.30. The Morgan fingerprint density at radius 1 is 1.11 bits per heavy atom. The number of allylic oxidation sites excluding steroid dienone is 2. The fourth-order valence-electron chi connectivity index (χ4n) is 4.33. The largest absolute Gasteiger partial charge is 0.292 e. The first-order valence-electron chi connectivity index (χ1n) is 10.7. The van der Waals surface area contributed by atoms with Crippen LogP contribution in [0.4, 0.5) is 5.69 Å². The number of non-ortho nitro benzene ring substituents is 1. The second-order valence-electron chi connectivity index (χ2n) is 8.41. The van der Waals surface area contributed by atoms with E-state index in [0.29, 0.717) is 22.9 Å². The lowest BCUT2D eigenvalue weighted by Crippen LogP contribution is -2.52. The number of imide groups is 1. The number of Topliss-reactive ketones (excluding diaryl/α,β-unsaturated/α-hetero) is 1. The van der Waals surface area contributed by atoms with Crippen molar-refractivity contribution in [3.63, 3.8) is 0 Å². The Bertz CT molecular complexity index is 1310. The zero-order chi connectivity index (χ0) is 25.4. The third-order valence-electron chi connectivity index (χ3n) is 6.10. The van der Waals surface area contributed by atoms with Gasteiger partial charge in [0.2, 0.25) is 0 Å². The first-order chi connectivity index (χ1) is 16.6. The van der Waals surface area contributed by atoms with Crippen LogP contribution in [-0.4, -0.2) is 45.0 Å². The normalized spacial score (nSPS) is 19.3. The minimum atomic E-state index is -0.905. The molecule has 0 radical (unpaired) electrons. The molecule has 0 spiro atoms. The summed E-state index contributed by atoms with van der Waals surface area (Å²) in [4.78, 5) is 63.8. The molecule has 0 aromatic heterocycles. The van der Waals surface area contributed by atoms with E-state index in [4.69, 9.17) is 23.2 Å². The Morgan fingerprint density at radius 3 is 2.51 bits per heavy atom. The van der Waals surface area contributed by atoms with Gasteiger partial charge >= 0.3 is 0 Å². The summed E-state index contributed by atoms with van der Waals surface area (Å²) in [6.07, 6.45) is 2.58. The molecule has 9 nitrogen and oxygen atoms in total. The summed E-state index contributed by atoms with van der Waals surface area (Å²) in [5, 5.41) is 13.0. The topological polar surface area (TPSA) is 118 Å². The van der Waals surface area contributed by atoms with Crippen molar-refractivity contribution in [3.05, 3.63) is 85.4 Å². The molecular weight excluding hydrogens is 497 g/mol. The molecule has 1 saturated heterocycles. The summed E-state index contributed by atoms with van der Waals surface area (Å²) in [6.45, 7) is 1.17. The number of fused-ring (bicyclic) bond motifs is 1. The molecule has 0 unspecified atom stereocenters. The fraction of sp³-hybridized carbons (Fsp3) is 0.250. The fourth-order valence-corrected chi connectivity index (χ4v) is 4.84. The van der Waals surface area contributed by atoms with Crippen LogP contribution in [0, 0.1) is 22.0 Å². The number of nitro benzene ring substituents is 1. The van der Waals surface area contributed by atoms with Gasteiger partial charge < -0.3 is 0 Å². The maximum Gasteiger partial charge on any atom is 0.273 e. The molecule has 2 aromatic carbocycles. The van der Waals surface area contributed by atoms with Crippen molar-refractivity contribution in [3.8, 4) is 0 Å². The summed E-state index contributed by atoms with van der Waals surface area (Å²) in [6, 6.07) is 9.03. The lowest BCUT2D eigenvalue weighted by atomic mass is 9.82. The third-order valence-corrected chi connectivity index (χ3v) is 6.65. The Kier molecular flexibility index (Phi) is 6.73. The van der Waals surface area contributed by atoms with E-state index >= 15 is 0 Å². The molecule has 4 rings (SSSR count). The van der Waals surface area contributed by atoms with Crippen LogP contribution < -0.4 is 0 Å². The highest BCUT2D eigenvalue weighted by Crippen LogP contribution is 2.39.